The monoisotopic (exact) mass is 179 g/mol. The lowest BCUT2D eigenvalue weighted by Crippen LogP contribution is -1.82. The lowest BCUT2D eigenvalue weighted by molar-refractivity contribution is 0.996. The summed E-state index contributed by atoms with van der Waals surface area (Å²) in [5, 5.41) is 0. The minimum absolute atomic E-state index is 0.986. The lowest BCUT2D eigenvalue weighted by Gasteiger charge is -2.00. The van der Waals surface area contributed by atoms with Gasteiger partial charge in [0.1, 0.15) is 0 Å². The van der Waals surface area contributed by atoms with Crippen LogP contribution in [0.1, 0.15) is 18.9 Å². The second-order valence-corrected chi connectivity index (χ2v) is 4.02. The van der Waals surface area contributed by atoms with E-state index in [1.54, 1.807) is 0 Å². The highest BCUT2D eigenvalue weighted by Crippen LogP contribution is 2.17. The molecule has 0 saturated heterocycles. The van der Waals surface area contributed by atoms with Crippen LogP contribution in [0, 0.1) is 6.92 Å². The van der Waals surface area contributed by atoms with Crippen molar-refractivity contribution in [2.24, 2.45) is 0 Å². The predicted octanol–water partition coefficient (Wildman–Crippen LogP) is 3.57. The predicted molar refractivity (Wildman–Crippen MR) is 56.5 cm³/mol. The summed E-state index contributed by atoms with van der Waals surface area (Å²) in [6.45, 7) is 6.01. The first kappa shape index (κ1) is 9.66. The maximum Gasteiger partial charge on any atom is 0.00720 e. The summed E-state index contributed by atoms with van der Waals surface area (Å²) < 4.78 is 0. The molecule has 1 radical (unpaired) electrons. The second kappa shape index (κ2) is 5.26. The summed E-state index contributed by atoms with van der Waals surface area (Å²) in [7, 11) is 0. The zero-order valence-corrected chi connectivity index (χ0v) is 8.36. The quantitative estimate of drug-likeness (QED) is 0.637. The van der Waals surface area contributed by atoms with Crippen LogP contribution in [0.25, 0.3) is 0 Å². The van der Waals surface area contributed by atoms with Crippen molar-refractivity contribution in [2.75, 3.05) is 5.75 Å². The van der Waals surface area contributed by atoms with E-state index >= 15 is 0 Å². The van der Waals surface area contributed by atoms with Gasteiger partial charge in [0.15, 0.2) is 0 Å². The molecular formula is C11H15S. The van der Waals surface area contributed by atoms with Gasteiger partial charge in [-0.15, -0.1) is 11.8 Å². The number of hydrogen-bond donors (Lipinski definition) is 0. The third kappa shape index (κ3) is 2.90. The maximum absolute atomic E-state index is 3.83. The van der Waals surface area contributed by atoms with Crippen LogP contribution in [0.4, 0.5) is 0 Å². The minimum atomic E-state index is 0.986. The van der Waals surface area contributed by atoms with E-state index in [9.17, 15) is 0 Å². The molecule has 0 nitrogen and oxygen atoms in total. The summed E-state index contributed by atoms with van der Waals surface area (Å²) in [6.07, 6.45) is 2.08. The van der Waals surface area contributed by atoms with E-state index < -0.39 is 0 Å². The van der Waals surface area contributed by atoms with Crippen LogP contribution < -0.4 is 0 Å². The van der Waals surface area contributed by atoms with Crippen molar-refractivity contribution in [1.82, 2.24) is 0 Å². The molecule has 0 spiro atoms. The van der Waals surface area contributed by atoms with E-state index in [1.165, 1.54) is 10.5 Å². The van der Waals surface area contributed by atoms with Gasteiger partial charge in [0, 0.05) is 4.90 Å². The van der Waals surface area contributed by atoms with E-state index in [0.29, 0.717) is 0 Å². The van der Waals surface area contributed by atoms with Crippen molar-refractivity contribution in [3.05, 3.63) is 36.8 Å². The molecule has 0 saturated carbocycles. The number of thioether (sulfide) groups is 1. The van der Waals surface area contributed by atoms with Gasteiger partial charge in [-0.05, 0) is 36.3 Å². The van der Waals surface area contributed by atoms with Crippen molar-refractivity contribution in [3.8, 4) is 0 Å². The fraction of sp³-hybridized carbons (Fsp3) is 0.364. The van der Waals surface area contributed by atoms with Gasteiger partial charge in [-0.25, -0.2) is 0 Å². The van der Waals surface area contributed by atoms with Crippen LogP contribution in [0.2, 0.25) is 0 Å². The molecule has 0 fully saturated rings. The first-order valence-electron chi connectivity index (χ1n) is 4.37. The second-order valence-electron chi connectivity index (χ2n) is 2.68. The zero-order chi connectivity index (χ0) is 8.81. The molecule has 65 valence electrons. The molecule has 0 unspecified atom stereocenters. The maximum atomic E-state index is 3.83. The van der Waals surface area contributed by atoms with E-state index in [0.717, 1.165) is 18.6 Å². The Bertz CT molecular complexity index is 188. The Morgan fingerprint density at radius 2 is 1.92 bits per heavy atom. The Hall–Kier alpha value is -0.430. The Kier molecular flexibility index (Phi) is 4.23. The third-order valence-corrected chi connectivity index (χ3v) is 2.59. The summed E-state index contributed by atoms with van der Waals surface area (Å²) >= 11 is 1.89. The minimum Gasteiger partial charge on any atom is -0.126 e. The summed E-state index contributed by atoms with van der Waals surface area (Å²) in [5.74, 6) is 1.15. The number of aryl methyl sites for hydroxylation is 1. The molecule has 0 heterocycles. The standard InChI is InChI=1S/C11H15S/c1-3-5-10-6-8-11(9-7-10)12-4-2/h6-9H,1,3-5H2,2H3. The molecule has 0 aliphatic rings. The van der Waals surface area contributed by atoms with Gasteiger partial charge in [-0.1, -0.05) is 26.0 Å². The molecule has 0 bridgehead atoms. The van der Waals surface area contributed by atoms with Crippen molar-refractivity contribution in [3.63, 3.8) is 0 Å². The number of rotatable bonds is 4. The molecule has 1 aromatic rings. The SMILES string of the molecule is [CH2]CCc1ccc(SCC)cc1. The van der Waals surface area contributed by atoms with Gasteiger partial charge in [-0.3, -0.25) is 0 Å². The Morgan fingerprint density at radius 1 is 1.25 bits per heavy atom. The highest BCUT2D eigenvalue weighted by atomic mass is 32.2. The topological polar surface area (TPSA) is 0 Å². The highest BCUT2D eigenvalue weighted by Gasteiger charge is 1.92. The highest BCUT2D eigenvalue weighted by molar-refractivity contribution is 7.99. The van der Waals surface area contributed by atoms with E-state index in [4.69, 9.17) is 0 Å². The van der Waals surface area contributed by atoms with Crippen molar-refractivity contribution < 1.29 is 0 Å². The summed E-state index contributed by atoms with van der Waals surface area (Å²) in [6, 6.07) is 8.78. The van der Waals surface area contributed by atoms with Crippen LogP contribution in [-0.4, -0.2) is 5.75 Å². The molecule has 0 amide bonds. The van der Waals surface area contributed by atoms with Gasteiger partial charge in [0.25, 0.3) is 0 Å². The molecule has 0 aromatic heterocycles. The fourth-order valence-electron chi connectivity index (χ4n) is 1.12. The Balaban J connectivity index is 2.58. The number of hydrogen-bond acceptors (Lipinski definition) is 1. The fourth-order valence-corrected chi connectivity index (χ4v) is 1.79. The average molecular weight is 179 g/mol. The van der Waals surface area contributed by atoms with Crippen LogP contribution in [0.3, 0.4) is 0 Å². The normalized spacial score (nSPS) is 10.2. The van der Waals surface area contributed by atoms with Crippen LogP contribution in [0.5, 0.6) is 0 Å². The zero-order valence-electron chi connectivity index (χ0n) is 7.55. The molecule has 1 rings (SSSR count). The van der Waals surface area contributed by atoms with E-state index in [1.807, 2.05) is 11.8 Å². The largest absolute Gasteiger partial charge is 0.126 e. The van der Waals surface area contributed by atoms with Crippen molar-refractivity contribution in [1.29, 1.82) is 0 Å². The Morgan fingerprint density at radius 3 is 2.42 bits per heavy atom. The van der Waals surface area contributed by atoms with Gasteiger partial charge in [0.2, 0.25) is 0 Å². The summed E-state index contributed by atoms with van der Waals surface area (Å²) in [4.78, 5) is 1.37. The van der Waals surface area contributed by atoms with E-state index in [2.05, 4.69) is 38.1 Å². The molecule has 12 heavy (non-hydrogen) atoms. The van der Waals surface area contributed by atoms with Gasteiger partial charge in [0.05, 0.1) is 0 Å². The van der Waals surface area contributed by atoms with E-state index in [-0.39, 0.29) is 0 Å². The smallest absolute Gasteiger partial charge is 0.00720 e. The first-order valence-corrected chi connectivity index (χ1v) is 5.36. The lowest BCUT2D eigenvalue weighted by atomic mass is 10.1. The average Bonchev–Trinajstić information content (AvgIpc) is 2.09. The molecule has 1 aromatic carbocycles. The van der Waals surface area contributed by atoms with Crippen LogP contribution in [0.15, 0.2) is 29.2 Å². The number of benzene rings is 1. The van der Waals surface area contributed by atoms with Crippen molar-refractivity contribution in [2.45, 2.75) is 24.7 Å². The Labute approximate surface area is 79.4 Å². The van der Waals surface area contributed by atoms with Gasteiger partial charge in [-0.2, -0.15) is 0 Å². The van der Waals surface area contributed by atoms with Crippen molar-refractivity contribution >= 4 is 11.8 Å². The summed E-state index contributed by atoms with van der Waals surface area (Å²) in [5.41, 5.74) is 1.39. The molecular weight excluding hydrogens is 164 g/mol. The molecule has 1 heteroatoms. The van der Waals surface area contributed by atoms with Crippen LogP contribution >= 0.6 is 11.8 Å². The first-order chi connectivity index (χ1) is 5.86. The molecule has 0 aliphatic carbocycles. The molecule has 0 aliphatic heterocycles. The molecule has 0 N–H and O–H groups in total. The van der Waals surface area contributed by atoms with Crippen LogP contribution in [-0.2, 0) is 6.42 Å². The van der Waals surface area contributed by atoms with Gasteiger partial charge >= 0.3 is 0 Å². The van der Waals surface area contributed by atoms with Gasteiger partial charge < -0.3 is 0 Å². The molecule has 0 atom stereocenters. The third-order valence-electron chi connectivity index (χ3n) is 1.70.